The number of aldehydes is 1. The summed E-state index contributed by atoms with van der Waals surface area (Å²) in [6.45, 7) is -1.06. The minimum atomic E-state index is -1.55. The van der Waals surface area contributed by atoms with Gasteiger partial charge in [-0.05, 0) is 28.8 Å². The molecule has 1 saturated heterocycles. The van der Waals surface area contributed by atoms with Crippen LogP contribution in [0.2, 0.25) is 0 Å². The third-order valence-electron chi connectivity index (χ3n) is 6.09. The van der Waals surface area contributed by atoms with Crippen LogP contribution in [0, 0.1) is 5.92 Å². The van der Waals surface area contributed by atoms with Gasteiger partial charge < -0.3 is 40.2 Å². The molecule has 9 nitrogen and oxygen atoms in total. The van der Waals surface area contributed by atoms with Crippen molar-refractivity contribution in [2.45, 2.75) is 36.9 Å². The van der Waals surface area contributed by atoms with Crippen molar-refractivity contribution in [1.29, 1.82) is 0 Å². The predicted octanol–water partition coefficient (Wildman–Crippen LogP) is -0.437. The first-order chi connectivity index (χ1) is 14.8. The van der Waals surface area contributed by atoms with Crippen molar-refractivity contribution in [3.8, 4) is 11.5 Å². The molecule has 164 valence electrons. The fourth-order valence-electron chi connectivity index (χ4n) is 4.63. The van der Waals surface area contributed by atoms with Crippen molar-refractivity contribution in [2.75, 3.05) is 6.61 Å². The van der Waals surface area contributed by atoms with E-state index in [2.05, 4.69) is 0 Å². The Labute approximate surface area is 176 Å². The smallest absolute Gasteiger partial charge is 0.201 e. The Kier molecular flexibility index (Phi) is 5.54. The number of fused-ring (bicyclic) bond motifs is 2. The van der Waals surface area contributed by atoms with Gasteiger partial charge in [0, 0.05) is 5.92 Å². The van der Waals surface area contributed by atoms with Gasteiger partial charge >= 0.3 is 0 Å². The van der Waals surface area contributed by atoms with Gasteiger partial charge in [-0.3, -0.25) is 4.79 Å². The van der Waals surface area contributed by atoms with Gasteiger partial charge in [-0.1, -0.05) is 18.2 Å². The summed E-state index contributed by atoms with van der Waals surface area (Å²) in [5.74, 6) is -3.55. The molecule has 4 rings (SSSR count). The van der Waals surface area contributed by atoms with Gasteiger partial charge in [0.05, 0.1) is 42.5 Å². The second kappa shape index (κ2) is 8.03. The summed E-state index contributed by atoms with van der Waals surface area (Å²) < 4.78 is 5.84. The first kappa shape index (κ1) is 21.4. The molecule has 2 aliphatic rings. The molecule has 1 fully saturated rings. The molecule has 31 heavy (non-hydrogen) atoms. The van der Waals surface area contributed by atoms with Crippen molar-refractivity contribution in [3.05, 3.63) is 58.1 Å². The van der Waals surface area contributed by atoms with Gasteiger partial charge in [-0.25, -0.2) is 0 Å². The minimum absolute atomic E-state index is 0.0820. The molecule has 6 N–H and O–H groups in total. The number of hydrogen-bond acceptors (Lipinski definition) is 9. The lowest BCUT2D eigenvalue weighted by molar-refractivity contribution is -0.207. The normalized spacial score (nSPS) is 29.9. The van der Waals surface area contributed by atoms with Crippen LogP contribution in [-0.4, -0.2) is 73.7 Å². The number of ether oxygens (including phenoxy) is 1. The number of rotatable bonds is 4. The number of aromatic hydroxyl groups is 2. The van der Waals surface area contributed by atoms with Gasteiger partial charge in [0.15, 0.2) is 0 Å². The SMILES string of the molecule is O=CC1C(O)C(O)C(CO)OC1C1c2cccc(O)c2C(=O)c2c(O)cc(CO)cc21. The average molecular weight is 430 g/mol. The Morgan fingerprint density at radius 3 is 2.32 bits per heavy atom. The molecular weight excluding hydrogens is 408 g/mol. The highest BCUT2D eigenvalue weighted by Gasteiger charge is 2.50. The van der Waals surface area contributed by atoms with Gasteiger partial charge in [-0.15, -0.1) is 0 Å². The van der Waals surface area contributed by atoms with Gasteiger partial charge in [0.2, 0.25) is 5.78 Å². The number of aliphatic hydroxyl groups excluding tert-OH is 4. The lowest BCUT2D eigenvalue weighted by Gasteiger charge is -2.45. The number of hydrogen-bond donors (Lipinski definition) is 6. The monoisotopic (exact) mass is 430 g/mol. The summed E-state index contributed by atoms with van der Waals surface area (Å²) in [7, 11) is 0. The van der Waals surface area contributed by atoms with Crippen molar-refractivity contribution in [3.63, 3.8) is 0 Å². The van der Waals surface area contributed by atoms with Crippen molar-refractivity contribution in [2.24, 2.45) is 5.92 Å². The Morgan fingerprint density at radius 2 is 1.68 bits per heavy atom. The fraction of sp³-hybridized carbons (Fsp3) is 0.364. The van der Waals surface area contributed by atoms with Gasteiger partial charge in [-0.2, -0.15) is 0 Å². The number of phenols is 2. The minimum Gasteiger partial charge on any atom is -0.507 e. The van der Waals surface area contributed by atoms with Crippen LogP contribution in [-0.2, 0) is 16.1 Å². The van der Waals surface area contributed by atoms with Gasteiger partial charge in [0.1, 0.15) is 30.0 Å². The van der Waals surface area contributed by atoms with Crippen LogP contribution in [0.3, 0.4) is 0 Å². The molecule has 2 aromatic carbocycles. The zero-order valence-corrected chi connectivity index (χ0v) is 16.3. The molecule has 1 aliphatic carbocycles. The molecular formula is C22H22O9. The van der Waals surface area contributed by atoms with E-state index in [4.69, 9.17) is 4.74 Å². The predicted molar refractivity (Wildman–Crippen MR) is 105 cm³/mol. The Hall–Kier alpha value is -2.82. The summed E-state index contributed by atoms with van der Waals surface area (Å²) in [6, 6.07) is 7.09. The lowest BCUT2D eigenvalue weighted by Crippen LogP contribution is -2.58. The van der Waals surface area contributed by atoms with Gasteiger partial charge in [0.25, 0.3) is 0 Å². The topological polar surface area (TPSA) is 165 Å². The molecule has 0 radical (unpaired) electrons. The zero-order chi connectivity index (χ0) is 22.4. The number of aliphatic hydroxyl groups is 4. The van der Waals surface area contributed by atoms with Crippen LogP contribution in [0.25, 0.3) is 0 Å². The van der Waals surface area contributed by atoms with Crippen molar-refractivity contribution >= 4 is 12.1 Å². The van der Waals surface area contributed by atoms with Crippen LogP contribution < -0.4 is 0 Å². The van der Waals surface area contributed by atoms with Crippen LogP contribution in [0.5, 0.6) is 11.5 Å². The highest BCUT2D eigenvalue weighted by Crippen LogP contribution is 2.48. The molecule has 0 aromatic heterocycles. The van der Waals surface area contributed by atoms with Crippen LogP contribution in [0.1, 0.15) is 38.5 Å². The van der Waals surface area contributed by atoms with E-state index in [9.17, 15) is 40.2 Å². The Bertz CT molecular complexity index is 1030. The number of carbonyl (C=O) groups excluding carboxylic acids is 2. The number of carbonyl (C=O) groups is 2. The molecule has 6 unspecified atom stereocenters. The summed E-state index contributed by atoms with van der Waals surface area (Å²) >= 11 is 0. The van der Waals surface area contributed by atoms with E-state index in [0.717, 1.165) is 0 Å². The molecule has 2 aromatic rings. The maximum Gasteiger partial charge on any atom is 0.201 e. The van der Waals surface area contributed by atoms with E-state index in [0.29, 0.717) is 17.4 Å². The molecule has 0 bridgehead atoms. The van der Waals surface area contributed by atoms with Crippen molar-refractivity contribution in [1.82, 2.24) is 0 Å². The highest BCUT2D eigenvalue weighted by molar-refractivity contribution is 6.16. The summed E-state index contributed by atoms with van der Waals surface area (Å²) in [5.41, 5.74) is 0.635. The maximum absolute atomic E-state index is 13.1. The second-order valence-electron chi connectivity index (χ2n) is 7.80. The first-order valence-electron chi connectivity index (χ1n) is 9.75. The van der Waals surface area contributed by atoms with Crippen LogP contribution in [0.4, 0.5) is 0 Å². The molecule has 6 atom stereocenters. The number of benzene rings is 2. The third-order valence-corrected chi connectivity index (χ3v) is 6.09. The van der Waals surface area contributed by atoms with E-state index in [-0.39, 0.29) is 22.4 Å². The molecule has 9 heteroatoms. The number of phenolic OH excluding ortho intramolecular Hbond substituents is 2. The Balaban J connectivity index is 1.98. The van der Waals surface area contributed by atoms with E-state index in [1.807, 2.05) is 0 Å². The van der Waals surface area contributed by atoms with E-state index in [1.165, 1.54) is 24.3 Å². The fourth-order valence-corrected chi connectivity index (χ4v) is 4.63. The van der Waals surface area contributed by atoms with Crippen molar-refractivity contribution < 1.29 is 45.0 Å². The highest BCUT2D eigenvalue weighted by atomic mass is 16.5. The van der Waals surface area contributed by atoms with E-state index in [1.54, 1.807) is 6.07 Å². The maximum atomic E-state index is 13.1. The standard InChI is InChI=1S/C22H22O9/c23-6-9-4-11-16(22-12(7-24)19(28)20(29)15(8-25)31-22)10-2-1-3-13(26)17(10)21(30)18(11)14(27)5-9/h1-5,7,12,15-16,19-20,22-23,25-29H,6,8H2. The largest absolute Gasteiger partial charge is 0.507 e. The van der Waals surface area contributed by atoms with E-state index >= 15 is 0 Å². The van der Waals surface area contributed by atoms with E-state index < -0.39 is 61.0 Å². The average Bonchev–Trinajstić information content (AvgIpc) is 2.75. The molecule has 1 aliphatic heterocycles. The quantitative estimate of drug-likeness (QED) is 0.353. The molecule has 0 spiro atoms. The third kappa shape index (κ3) is 3.22. The van der Waals surface area contributed by atoms with Crippen LogP contribution in [0.15, 0.2) is 30.3 Å². The summed E-state index contributed by atoms with van der Waals surface area (Å²) in [6.07, 6.45) is -4.98. The second-order valence-corrected chi connectivity index (χ2v) is 7.80. The summed E-state index contributed by atoms with van der Waals surface area (Å²) in [5, 5.41) is 60.8. The zero-order valence-electron chi connectivity index (χ0n) is 16.3. The Morgan fingerprint density at radius 1 is 0.968 bits per heavy atom. The lowest BCUT2D eigenvalue weighted by atomic mass is 9.69. The molecule has 1 heterocycles. The first-order valence-corrected chi connectivity index (χ1v) is 9.75. The number of ketones is 1. The molecule has 0 amide bonds. The summed E-state index contributed by atoms with van der Waals surface area (Å²) in [4.78, 5) is 25.0. The molecule has 0 saturated carbocycles. The van der Waals surface area contributed by atoms with Crippen LogP contribution >= 0.6 is 0 Å².